The Balaban J connectivity index is 1.80. The fourth-order valence-electron chi connectivity index (χ4n) is 5.09. The molecule has 0 aromatic heterocycles. The summed E-state index contributed by atoms with van der Waals surface area (Å²) in [7, 11) is 2.59. The third-order valence-corrected chi connectivity index (χ3v) is 7.24. The largest absolute Gasteiger partial charge is 0.394 e. The van der Waals surface area contributed by atoms with Gasteiger partial charge in [0.15, 0.2) is 18.9 Å². The normalized spacial score (nSPS) is 44.4. The molecule has 3 heterocycles. The van der Waals surface area contributed by atoms with Gasteiger partial charge in [-0.1, -0.05) is 0 Å². The zero-order chi connectivity index (χ0) is 31.3. The van der Waals surface area contributed by atoms with Crippen LogP contribution in [0.5, 0.6) is 0 Å². The number of methoxy groups -OCH3 is 2. The number of aliphatic hydroxyl groups excluding tert-OH is 7. The lowest BCUT2D eigenvalue weighted by atomic mass is 9.95. The SMILES string of the molecule is COCC1O[C@@H](O[C@@H]2C(NC(C)=O)[C@H](OCC3O[C@H](OC)C(NC(C)=O)[C@@H](O)[C@@H]3O)OC(CO)[C@@H]2O)C(O)[C@@H](O)[C@H]1O. The average molecular weight is 615 g/mol. The number of hydrogen-bond donors (Lipinski definition) is 9. The highest BCUT2D eigenvalue weighted by Crippen LogP contribution is 2.31. The Bertz CT molecular complexity index is 883. The fourth-order valence-corrected chi connectivity index (χ4v) is 5.09. The molecule has 3 aliphatic heterocycles. The molecule has 3 fully saturated rings. The predicted molar refractivity (Wildman–Crippen MR) is 134 cm³/mol. The van der Waals surface area contributed by atoms with Crippen LogP contribution in [0.1, 0.15) is 13.8 Å². The van der Waals surface area contributed by atoms with Crippen LogP contribution in [0.3, 0.4) is 0 Å². The summed E-state index contributed by atoms with van der Waals surface area (Å²) in [6.07, 6.45) is -19.2. The second-order valence-electron chi connectivity index (χ2n) is 10.3. The van der Waals surface area contributed by atoms with Crippen LogP contribution < -0.4 is 10.6 Å². The topological polar surface area (TPSA) is 264 Å². The molecule has 18 heteroatoms. The lowest BCUT2D eigenvalue weighted by Crippen LogP contribution is -2.68. The number of ether oxygens (including phenoxy) is 7. The van der Waals surface area contributed by atoms with E-state index in [0.717, 1.165) is 6.92 Å². The third kappa shape index (κ3) is 7.90. The van der Waals surface area contributed by atoms with E-state index in [-0.39, 0.29) is 6.61 Å². The molecule has 0 radical (unpaired) electrons. The molecule has 0 aliphatic carbocycles. The molecule has 3 saturated heterocycles. The summed E-state index contributed by atoms with van der Waals surface area (Å²) in [4.78, 5) is 23.7. The first-order valence-electron chi connectivity index (χ1n) is 13.3. The molecule has 2 amide bonds. The maximum absolute atomic E-state index is 12.1. The monoisotopic (exact) mass is 614 g/mol. The van der Waals surface area contributed by atoms with E-state index in [9.17, 15) is 45.3 Å². The second-order valence-corrected chi connectivity index (χ2v) is 10.3. The quantitative estimate of drug-likeness (QED) is 0.105. The first-order valence-corrected chi connectivity index (χ1v) is 13.3. The molecule has 0 aromatic rings. The predicted octanol–water partition coefficient (Wildman–Crippen LogP) is -5.98. The fraction of sp³-hybridized carbons (Fsp3) is 0.917. The van der Waals surface area contributed by atoms with Crippen LogP contribution in [-0.2, 0) is 42.7 Å². The zero-order valence-electron chi connectivity index (χ0n) is 23.6. The molecule has 0 aromatic carbocycles. The molecule has 9 N–H and O–H groups in total. The molecule has 42 heavy (non-hydrogen) atoms. The summed E-state index contributed by atoms with van der Waals surface area (Å²) in [6.45, 7) is 0.986. The Kier molecular flexibility index (Phi) is 12.8. The van der Waals surface area contributed by atoms with E-state index in [2.05, 4.69) is 10.6 Å². The lowest BCUT2D eigenvalue weighted by Gasteiger charge is -2.48. The first-order chi connectivity index (χ1) is 19.8. The van der Waals surface area contributed by atoms with E-state index in [1.165, 1.54) is 21.1 Å². The average Bonchev–Trinajstić information content (AvgIpc) is 2.94. The minimum absolute atomic E-state index is 0.178. The van der Waals surface area contributed by atoms with Crippen LogP contribution in [0, 0.1) is 0 Å². The van der Waals surface area contributed by atoms with E-state index in [1.807, 2.05) is 0 Å². The van der Waals surface area contributed by atoms with Crippen molar-refractivity contribution in [1.82, 2.24) is 10.6 Å². The van der Waals surface area contributed by atoms with Gasteiger partial charge in [0, 0.05) is 28.1 Å². The van der Waals surface area contributed by atoms with Gasteiger partial charge in [-0.15, -0.1) is 0 Å². The van der Waals surface area contributed by atoms with Gasteiger partial charge in [0.25, 0.3) is 0 Å². The van der Waals surface area contributed by atoms with Crippen molar-refractivity contribution in [3.63, 3.8) is 0 Å². The van der Waals surface area contributed by atoms with E-state index in [1.54, 1.807) is 0 Å². The van der Waals surface area contributed by atoms with Crippen LogP contribution in [0.25, 0.3) is 0 Å². The van der Waals surface area contributed by atoms with E-state index < -0.39 is 117 Å². The Hall–Kier alpha value is -1.62. The summed E-state index contributed by atoms with van der Waals surface area (Å²) in [5.74, 6) is -1.11. The number of nitrogens with one attached hydrogen (secondary N) is 2. The molecule has 3 aliphatic rings. The van der Waals surface area contributed by atoms with Crippen molar-refractivity contribution in [2.24, 2.45) is 0 Å². The van der Waals surface area contributed by atoms with Crippen molar-refractivity contribution >= 4 is 11.8 Å². The van der Waals surface area contributed by atoms with Gasteiger partial charge in [0.2, 0.25) is 11.8 Å². The Labute approximate surface area is 241 Å². The number of amides is 2. The van der Waals surface area contributed by atoms with Crippen molar-refractivity contribution in [3.8, 4) is 0 Å². The third-order valence-electron chi connectivity index (χ3n) is 7.24. The zero-order valence-corrected chi connectivity index (χ0v) is 23.6. The number of carbonyl (C=O) groups is 2. The molecule has 0 bridgehead atoms. The number of hydrogen-bond acceptors (Lipinski definition) is 16. The van der Waals surface area contributed by atoms with Crippen LogP contribution in [0.15, 0.2) is 0 Å². The molecule has 18 nitrogen and oxygen atoms in total. The molecule has 6 unspecified atom stereocenters. The van der Waals surface area contributed by atoms with Gasteiger partial charge in [0.1, 0.15) is 73.1 Å². The van der Waals surface area contributed by atoms with E-state index >= 15 is 0 Å². The maximum atomic E-state index is 12.1. The van der Waals surface area contributed by atoms with Crippen molar-refractivity contribution in [2.75, 3.05) is 34.0 Å². The summed E-state index contributed by atoms with van der Waals surface area (Å²) >= 11 is 0. The van der Waals surface area contributed by atoms with E-state index in [0.29, 0.717) is 0 Å². The van der Waals surface area contributed by atoms with Gasteiger partial charge in [-0.2, -0.15) is 0 Å². The first kappa shape index (κ1) is 34.9. The molecule has 3 rings (SSSR count). The van der Waals surface area contributed by atoms with Gasteiger partial charge < -0.3 is 79.5 Å². The molecule has 0 spiro atoms. The van der Waals surface area contributed by atoms with Crippen molar-refractivity contribution in [2.45, 2.75) is 106 Å². The molecule has 244 valence electrons. The number of aliphatic hydroxyl groups is 7. The molecule has 0 saturated carbocycles. The maximum Gasteiger partial charge on any atom is 0.217 e. The molecular formula is C24H42N2O16. The van der Waals surface area contributed by atoms with Gasteiger partial charge in [-0.25, -0.2) is 0 Å². The standard InChI is InChI=1S/C24H42N2O16/c1-8(28)25-13-18(33)15(30)12(40-22(13)37-4)7-38-23-14(26-9(2)29)21(17(32)10(5-27)39-23)42-24-20(35)19(34)16(31)11(41-24)6-36-3/h10-24,27,30-35H,5-7H2,1-4H3,(H,25,28)(H,26,29)/t10?,11?,12?,13?,14?,15-,16+,17+,18-,19+,20?,21-,22+,23-,24+/m1/s1. The Morgan fingerprint density at radius 1 is 0.667 bits per heavy atom. The lowest BCUT2D eigenvalue weighted by molar-refractivity contribution is -0.348. The van der Waals surface area contributed by atoms with Crippen molar-refractivity contribution < 1.29 is 78.5 Å². The van der Waals surface area contributed by atoms with Crippen LogP contribution >= 0.6 is 0 Å². The highest BCUT2D eigenvalue weighted by Gasteiger charge is 2.52. The minimum Gasteiger partial charge on any atom is -0.394 e. The van der Waals surface area contributed by atoms with Crippen LogP contribution in [0.4, 0.5) is 0 Å². The summed E-state index contributed by atoms with van der Waals surface area (Å²) in [5, 5.41) is 78.1. The summed E-state index contributed by atoms with van der Waals surface area (Å²) in [6, 6.07) is -2.42. The van der Waals surface area contributed by atoms with E-state index in [4.69, 9.17) is 33.2 Å². The van der Waals surface area contributed by atoms with Gasteiger partial charge >= 0.3 is 0 Å². The minimum atomic E-state index is -1.79. The second kappa shape index (κ2) is 15.4. The van der Waals surface area contributed by atoms with Crippen LogP contribution in [0.2, 0.25) is 0 Å². The number of carbonyl (C=O) groups excluding carboxylic acids is 2. The Morgan fingerprint density at radius 2 is 1.21 bits per heavy atom. The highest BCUT2D eigenvalue weighted by atomic mass is 16.7. The van der Waals surface area contributed by atoms with Gasteiger partial charge in [0.05, 0.1) is 19.8 Å². The van der Waals surface area contributed by atoms with Crippen LogP contribution in [-0.4, -0.2) is 174 Å². The summed E-state index contributed by atoms with van der Waals surface area (Å²) in [5.41, 5.74) is 0. The summed E-state index contributed by atoms with van der Waals surface area (Å²) < 4.78 is 38.7. The highest BCUT2D eigenvalue weighted by molar-refractivity contribution is 5.73. The van der Waals surface area contributed by atoms with Gasteiger partial charge in [-0.05, 0) is 0 Å². The Morgan fingerprint density at radius 3 is 1.79 bits per heavy atom. The molecular weight excluding hydrogens is 572 g/mol. The van der Waals surface area contributed by atoms with Crippen molar-refractivity contribution in [3.05, 3.63) is 0 Å². The van der Waals surface area contributed by atoms with Gasteiger partial charge in [-0.3, -0.25) is 9.59 Å². The van der Waals surface area contributed by atoms with Crippen molar-refractivity contribution in [1.29, 1.82) is 0 Å². The number of rotatable bonds is 11. The smallest absolute Gasteiger partial charge is 0.217 e. The molecule has 15 atom stereocenters.